The molecule has 0 unspecified atom stereocenters. The molecule has 0 aliphatic carbocycles. The third-order valence-electron chi connectivity index (χ3n) is 4.22. The number of amides is 1. The molecule has 0 aromatic heterocycles. The molecule has 0 radical (unpaired) electrons. The minimum atomic E-state index is -0.495. The average Bonchev–Trinajstić information content (AvgIpc) is 3.06. The molecule has 0 saturated heterocycles. The molecular weight excluding hydrogens is 361 g/mol. The lowest BCUT2D eigenvalue weighted by atomic mass is 10.1. The van der Waals surface area contributed by atoms with E-state index in [0.717, 1.165) is 0 Å². The Morgan fingerprint density at radius 1 is 1.21 bits per heavy atom. The Morgan fingerprint density at radius 3 is 2.71 bits per heavy atom. The number of aliphatic imine (C=N–C) groups is 1. The minimum Gasteiger partial charge on any atom is -0.489 e. The first kappa shape index (κ1) is 17.7. The van der Waals surface area contributed by atoms with E-state index >= 15 is 0 Å². The number of fused-ring (bicyclic) bond motifs is 1. The van der Waals surface area contributed by atoms with Gasteiger partial charge in [-0.15, -0.1) is 5.06 Å². The van der Waals surface area contributed by atoms with Crippen LogP contribution in [-0.4, -0.2) is 22.6 Å². The van der Waals surface area contributed by atoms with Gasteiger partial charge in [-0.05, 0) is 36.8 Å². The molecule has 2 aromatic carbocycles. The maximum absolute atomic E-state index is 13.6. The smallest absolute Gasteiger partial charge is 0.282 e. The van der Waals surface area contributed by atoms with Gasteiger partial charge < -0.3 is 9.57 Å². The number of carbonyl (C=O) groups excluding carboxylic acids is 1. The van der Waals surface area contributed by atoms with Crippen LogP contribution in [0.1, 0.15) is 18.1 Å². The van der Waals surface area contributed by atoms with E-state index in [4.69, 9.17) is 15.0 Å². The quantitative estimate of drug-likeness (QED) is 0.821. The van der Waals surface area contributed by atoms with Crippen LogP contribution in [0.3, 0.4) is 0 Å². The van der Waals surface area contributed by atoms with E-state index in [-0.39, 0.29) is 23.8 Å². The van der Waals surface area contributed by atoms with Crippen molar-refractivity contribution >= 4 is 23.7 Å². The summed E-state index contributed by atoms with van der Waals surface area (Å²) >= 11 is 0. The predicted molar refractivity (Wildman–Crippen MR) is 102 cm³/mol. The monoisotopic (exact) mass is 377 g/mol. The molecule has 28 heavy (non-hydrogen) atoms. The maximum atomic E-state index is 13.6. The first-order valence-corrected chi connectivity index (χ1v) is 8.57. The van der Waals surface area contributed by atoms with Crippen LogP contribution in [0.4, 0.5) is 4.39 Å². The highest BCUT2D eigenvalue weighted by molar-refractivity contribution is 6.32. The van der Waals surface area contributed by atoms with Gasteiger partial charge >= 0.3 is 0 Å². The molecule has 0 fully saturated rings. The Balaban J connectivity index is 1.48. The highest BCUT2D eigenvalue weighted by atomic mass is 19.1. The van der Waals surface area contributed by atoms with Crippen LogP contribution in [0.5, 0.6) is 5.75 Å². The zero-order valence-electron chi connectivity index (χ0n) is 15.0. The van der Waals surface area contributed by atoms with Crippen LogP contribution in [0, 0.1) is 11.2 Å². The Kier molecular flexibility index (Phi) is 4.49. The van der Waals surface area contributed by atoms with E-state index in [1.54, 1.807) is 61.5 Å². The molecule has 4 rings (SSSR count). The molecule has 1 N–H and O–H groups in total. The largest absolute Gasteiger partial charge is 0.489 e. The molecule has 2 aliphatic rings. The number of hydroxylamine groups is 2. The number of rotatable bonds is 4. The van der Waals surface area contributed by atoms with Crippen molar-refractivity contribution in [2.75, 3.05) is 0 Å². The Hall–Kier alpha value is -3.74. The van der Waals surface area contributed by atoms with E-state index in [9.17, 15) is 9.18 Å². The van der Waals surface area contributed by atoms with E-state index in [1.807, 2.05) is 0 Å². The maximum Gasteiger partial charge on any atom is 0.282 e. The Morgan fingerprint density at radius 2 is 1.96 bits per heavy atom. The molecule has 2 aromatic rings. The van der Waals surface area contributed by atoms with Gasteiger partial charge in [0.2, 0.25) is 0 Å². The average molecular weight is 377 g/mol. The van der Waals surface area contributed by atoms with Crippen molar-refractivity contribution in [1.29, 1.82) is 5.41 Å². The third-order valence-corrected chi connectivity index (χ3v) is 4.22. The van der Waals surface area contributed by atoms with Gasteiger partial charge in [0.05, 0.1) is 5.57 Å². The standard InChI is InChI=1S/C21H16FN3O3/c1-13-10-19-24-21(26)17(20(23)25(19)28-13)11-14-6-8-16(9-7-14)27-12-15-4-2-3-5-18(15)22/h2-11,23H,12H2,1H3/b17-11-,23-20?. The summed E-state index contributed by atoms with van der Waals surface area (Å²) in [5.74, 6) is 0.564. The topological polar surface area (TPSA) is 75.0 Å². The van der Waals surface area contributed by atoms with Gasteiger partial charge in [0.25, 0.3) is 5.91 Å². The predicted octanol–water partition coefficient (Wildman–Crippen LogP) is 3.86. The molecule has 7 heteroatoms. The van der Waals surface area contributed by atoms with E-state index < -0.39 is 5.91 Å². The van der Waals surface area contributed by atoms with E-state index in [1.165, 1.54) is 11.1 Å². The second-order valence-electron chi connectivity index (χ2n) is 6.27. The van der Waals surface area contributed by atoms with Gasteiger partial charge in [0.1, 0.15) is 23.9 Å². The normalized spacial score (nSPS) is 17.2. The van der Waals surface area contributed by atoms with Gasteiger partial charge in [-0.1, -0.05) is 30.3 Å². The summed E-state index contributed by atoms with van der Waals surface area (Å²) in [5.41, 5.74) is 1.30. The number of amidine groups is 2. The van der Waals surface area contributed by atoms with Crippen molar-refractivity contribution in [3.8, 4) is 5.75 Å². The van der Waals surface area contributed by atoms with Crippen molar-refractivity contribution in [2.24, 2.45) is 4.99 Å². The van der Waals surface area contributed by atoms with Crippen LogP contribution in [0.15, 0.2) is 70.9 Å². The van der Waals surface area contributed by atoms with Crippen molar-refractivity contribution in [1.82, 2.24) is 5.06 Å². The minimum absolute atomic E-state index is 0.0667. The van der Waals surface area contributed by atoms with Crippen LogP contribution < -0.4 is 4.74 Å². The second-order valence-corrected chi connectivity index (χ2v) is 6.27. The summed E-state index contributed by atoms with van der Waals surface area (Å²) in [6, 6.07) is 13.4. The number of hydrogen-bond donors (Lipinski definition) is 1. The van der Waals surface area contributed by atoms with Crippen LogP contribution in [0.2, 0.25) is 0 Å². The molecule has 2 heterocycles. The molecule has 0 saturated carbocycles. The summed E-state index contributed by atoms with van der Waals surface area (Å²) in [5, 5.41) is 9.42. The second kappa shape index (κ2) is 7.11. The van der Waals surface area contributed by atoms with Gasteiger partial charge in [-0.3, -0.25) is 10.2 Å². The summed E-state index contributed by atoms with van der Waals surface area (Å²) in [6.45, 7) is 1.84. The van der Waals surface area contributed by atoms with Crippen molar-refractivity contribution < 1.29 is 18.8 Å². The molecule has 0 bridgehead atoms. The van der Waals surface area contributed by atoms with Crippen molar-refractivity contribution in [3.05, 3.63) is 82.9 Å². The summed E-state index contributed by atoms with van der Waals surface area (Å²) in [6.07, 6.45) is 3.17. The number of ether oxygens (including phenoxy) is 1. The Labute approximate surface area is 160 Å². The molecule has 2 aliphatic heterocycles. The zero-order valence-corrected chi connectivity index (χ0v) is 15.0. The lowest BCUT2D eigenvalue weighted by Crippen LogP contribution is -2.38. The molecule has 1 amide bonds. The SMILES string of the molecule is CC1=CC2=NC(=O)/C(=C\c3ccc(OCc4ccccc4F)cc3)C(=N)N2O1. The number of nitrogens with one attached hydrogen (secondary N) is 1. The number of nitrogens with zero attached hydrogens (tertiary/aromatic N) is 2. The first-order chi connectivity index (χ1) is 13.5. The number of halogens is 1. The van der Waals surface area contributed by atoms with Crippen LogP contribution >= 0.6 is 0 Å². The van der Waals surface area contributed by atoms with Gasteiger partial charge in [-0.2, -0.15) is 4.99 Å². The summed E-state index contributed by atoms with van der Waals surface area (Å²) in [7, 11) is 0. The summed E-state index contributed by atoms with van der Waals surface area (Å²) in [4.78, 5) is 21.6. The highest BCUT2D eigenvalue weighted by Gasteiger charge is 2.34. The number of benzene rings is 2. The van der Waals surface area contributed by atoms with Crippen LogP contribution in [0.25, 0.3) is 6.08 Å². The van der Waals surface area contributed by atoms with Gasteiger partial charge in [-0.25, -0.2) is 4.39 Å². The zero-order chi connectivity index (χ0) is 19.7. The van der Waals surface area contributed by atoms with Crippen molar-refractivity contribution in [3.63, 3.8) is 0 Å². The number of allylic oxidation sites excluding steroid dienone is 1. The number of hydrogen-bond acceptors (Lipinski definition) is 4. The molecule has 140 valence electrons. The lowest BCUT2D eigenvalue weighted by molar-refractivity contribution is -0.114. The van der Waals surface area contributed by atoms with Crippen LogP contribution in [-0.2, 0) is 16.2 Å². The van der Waals surface area contributed by atoms with E-state index in [0.29, 0.717) is 28.5 Å². The summed E-state index contributed by atoms with van der Waals surface area (Å²) < 4.78 is 19.2. The molecular formula is C21H16FN3O3. The number of carbonyl (C=O) groups is 1. The molecule has 6 nitrogen and oxygen atoms in total. The lowest BCUT2D eigenvalue weighted by Gasteiger charge is -2.22. The fourth-order valence-corrected chi connectivity index (χ4v) is 2.80. The molecule has 0 atom stereocenters. The van der Waals surface area contributed by atoms with Crippen molar-refractivity contribution in [2.45, 2.75) is 13.5 Å². The highest BCUT2D eigenvalue weighted by Crippen LogP contribution is 2.24. The third kappa shape index (κ3) is 3.42. The van der Waals surface area contributed by atoms with Gasteiger partial charge in [0, 0.05) is 11.6 Å². The Bertz CT molecular complexity index is 1050. The van der Waals surface area contributed by atoms with Gasteiger partial charge in [0.15, 0.2) is 11.7 Å². The molecule has 0 spiro atoms. The van der Waals surface area contributed by atoms with E-state index in [2.05, 4.69) is 4.99 Å². The fourth-order valence-electron chi connectivity index (χ4n) is 2.80. The first-order valence-electron chi connectivity index (χ1n) is 8.57. The fraction of sp³-hybridized carbons (Fsp3) is 0.0952.